The average molecular weight is 236 g/mol. The largest absolute Gasteiger partial charge is 0.355 e. The number of carbonyl (C=O) groups is 1. The predicted molar refractivity (Wildman–Crippen MR) is 67.3 cm³/mol. The van der Waals surface area contributed by atoms with Gasteiger partial charge in [0, 0.05) is 18.5 Å². The predicted octanol–water partition coefficient (Wildman–Crippen LogP) is 1.81. The normalized spacial score (nSPS) is 35.4. The number of carbonyl (C=O) groups excluding carboxylic acids is 1. The molecule has 3 aliphatic rings. The molecule has 2 atom stereocenters. The van der Waals surface area contributed by atoms with Gasteiger partial charge in [0.25, 0.3) is 0 Å². The first-order valence-corrected chi connectivity index (χ1v) is 7.23. The van der Waals surface area contributed by atoms with Crippen LogP contribution >= 0.6 is 0 Å². The molecule has 3 nitrogen and oxygen atoms in total. The number of amides is 1. The molecule has 0 bridgehead atoms. The van der Waals surface area contributed by atoms with Crippen LogP contribution in [0.4, 0.5) is 0 Å². The van der Waals surface area contributed by atoms with Crippen LogP contribution in [-0.2, 0) is 4.79 Å². The quantitative estimate of drug-likeness (QED) is 0.782. The Balaban J connectivity index is 1.46. The SMILES string of the molecule is NC1CCCC(C(=O)NCC2(C3CC3)CC2)C1. The summed E-state index contributed by atoms with van der Waals surface area (Å²) in [5.74, 6) is 1.39. The van der Waals surface area contributed by atoms with Gasteiger partial charge in [0.1, 0.15) is 0 Å². The highest BCUT2D eigenvalue weighted by Crippen LogP contribution is 2.60. The van der Waals surface area contributed by atoms with Crippen molar-refractivity contribution in [2.24, 2.45) is 23.0 Å². The number of nitrogens with one attached hydrogen (secondary N) is 1. The average Bonchev–Trinajstić information content (AvgIpc) is 3.15. The molecule has 3 N–H and O–H groups in total. The Morgan fingerprint density at radius 1 is 1.24 bits per heavy atom. The van der Waals surface area contributed by atoms with Crippen LogP contribution in [0.2, 0.25) is 0 Å². The molecular weight excluding hydrogens is 212 g/mol. The Morgan fingerprint density at radius 2 is 2.00 bits per heavy atom. The molecule has 0 spiro atoms. The van der Waals surface area contributed by atoms with Crippen molar-refractivity contribution in [3.05, 3.63) is 0 Å². The molecule has 0 heterocycles. The maximum Gasteiger partial charge on any atom is 0.223 e. The Labute approximate surface area is 104 Å². The molecule has 3 fully saturated rings. The molecule has 0 radical (unpaired) electrons. The van der Waals surface area contributed by atoms with Crippen molar-refractivity contribution in [3.63, 3.8) is 0 Å². The summed E-state index contributed by atoms with van der Waals surface area (Å²) in [6.45, 7) is 0.933. The molecule has 3 aliphatic carbocycles. The number of rotatable bonds is 4. The molecule has 0 aromatic rings. The lowest BCUT2D eigenvalue weighted by molar-refractivity contribution is -0.126. The minimum Gasteiger partial charge on any atom is -0.355 e. The maximum absolute atomic E-state index is 12.1. The van der Waals surface area contributed by atoms with Gasteiger partial charge in [0.2, 0.25) is 5.91 Å². The summed E-state index contributed by atoms with van der Waals surface area (Å²) in [4.78, 5) is 12.1. The van der Waals surface area contributed by atoms with Gasteiger partial charge in [0.05, 0.1) is 0 Å². The molecule has 3 saturated carbocycles. The molecule has 3 rings (SSSR count). The van der Waals surface area contributed by atoms with Gasteiger partial charge < -0.3 is 11.1 Å². The van der Waals surface area contributed by atoms with E-state index in [1.165, 1.54) is 25.7 Å². The number of nitrogens with two attached hydrogens (primary N) is 1. The lowest BCUT2D eigenvalue weighted by atomic mass is 9.85. The smallest absolute Gasteiger partial charge is 0.223 e. The van der Waals surface area contributed by atoms with Crippen molar-refractivity contribution in [2.45, 2.75) is 57.4 Å². The van der Waals surface area contributed by atoms with Gasteiger partial charge >= 0.3 is 0 Å². The summed E-state index contributed by atoms with van der Waals surface area (Å²) < 4.78 is 0. The van der Waals surface area contributed by atoms with Gasteiger partial charge in [-0.3, -0.25) is 4.79 Å². The highest BCUT2D eigenvalue weighted by atomic mass is 16.1. The van der Waals surface area contributed by atoms with E-state index in [2.05, 4.69) is 5.32 Å². The standard InChI is InChI=1S/C14H24N2O/c15-12-3-1-2-10(8-12)13(17)16-9-14(6-7-14)11-4-5-11/h10-12H,1-9,15H2,(H,16,17). The van der Waals surface area contributed by atoms with E-state index in [9.17, 15) is 4.79 Å². The lowest BCUT2D eigenvalue weighted by Crippen LogP contribution is -2.40. The molecular formula is C14H24N2O. The fraction of sp³-hybridized carbons (Fsp3) is 0.929. The monoisotopic (exact) mass is 236 g/mol. The second-order valence-corrected chi connectivity index (χ2v) is 6.48. The van der Waals surface area contributed by atoms with Crippen molar-refractivity contribution < 1.29 is 4.79 Å². The van der Waals surface area contributed by atoms with Gasteiger partial charge in [-0.05, 0) is 56.3 Å². The summed E-state index contributed by atoms with van der Waals surface area (Å²) in [5.41, 5.74) is 6.46. The van der Waals surface area contributed by atoms with Crippen molar-refractivity contribution in [2.75, 3.05) is 6.54 Å². The summed E-state index contributed by atoms with van der Waals surface area (Å²) >= 11 is 0. The van der Waals surface area contributed by atoms with Crippen LogP contribution in [0.25, 0.3) is 0 Å². The zero-order valence-electron chi connectivity index (χ0n) is 10.6. The fourth-order valence-electron chi connectivity index (χ4n) is 3.46. The van der Waals surface area contributed by atoms with Crippen LogP contribution in [-0.4, -0.2) is 18.5 Å². The molecule has 96 valence electrons. The van der Waals surface area contributed by atoms with Crippen molar-refractivity contribution in [1.82, 2.24) is 5.32 Å². The summed E-state index contributed by atoms with van der Waals surface area (Å²) in [5, 5.41) is 3.20. The van der Waals surface area contributed by atoms with E-state index in [0.717, 1.165) is 38.1 Å². The van der Waals surface area contributed by atoms with E-state index in [4.69, 9.17) is 5.73 Å². The molecule has 1 amide bonds. The van der Waals surface area contributed by atoms with Gasteiger partial charge in [-0.1, -0.05) is 6.42 Å². The minimum atomic E-state index is 0.189. The third-order valence-corrected chi connectivity index (χ3v) is 5.04. The van der Waals surface area contributed by atoms with Gasteiger partial charge in [-0.25, -0.2) is 0 Å². The first-order valence-electron chi connectivity index (χ1n) is 7.23. The second-order valence-electron chi connectivity index (χ2n) is 6.48. The zero-order chi connectivity index (χ0) is 11.9. The molecule has 17 heavy (non-hydrogen) atoms. The van der Waals surface area contributed by atoms with E-state index in [-0.39, 0.29) is 17.9 Å². The van der Waals surface area contributed by atoms with Crippen molar-refractivity contribution >= 4 is 5.91 Å². The van der Waals surface area contributed by atoms with Gasteiger partial charge in [-0.2, -0.15) is 0 Å². The first-order chi connectivity index (χ1) is 8.20. The summed E-state index contributed by atoms with van der Waals surface area (Å²) in [6.07, 6.45) is 9.60. The first kappa shape index (κ1) is 11.5. The fourth-order valence-corrected chi connectivity index (χ4v) is 3.46. The van der Waals surface area contributed by atoms with E-state index >= 15 is 0 Å². The van der Waals surface area contributed by atoms with Gasteiger partial charge in [-0.15, -0.1) is 0 Å². The third kappa shape index (κ3) is 2.49. The number of hydrogen-bond donors (Lipinski definition) is 2. The van der Waals surface area contributed by atoms with Crippen LogP contribution in [0.15, 0.2) is 0 Å². The van der Waals surface area contributed by atoms with E-state index in [0.29, 0.717) is 5.41 Å². The Hall–Kier alpha value is -0.570. The highest BCUT2D eigenvalue weighted by Gasteiger charge is 2.53. The zero-order valence-corrected chi connectivity index (χ0v) is 10.6. The topological polar surface area (TPSA) is 55.1 Å². The van der Waals surface area contributed by atoms with Crippen LogP contribution in [0.1, 0.15) is 51.4 Å². The molecule has 0 aromatic carbocycles. The summed E-state index contributed by atoms with van der Waals surface area (Å²) in [7, 11) is 0. The lowest BCUT2D eigenvalue weighted by Gasteiger charge is -2.26. The van der Waals surface area contributed by atoms with Crippen LogP contribution in [0, 0.1) is 17.3 Å². The van der Waals surface area contributed by atoms with Crippen LogP contribution < -0.4 is 11.1 Å². The Kier molecular flexibility index (Phi) is 2.89. The maximum atomic E-state index is 12.1. The van der Waals surface area contributed by atoms with Crippen molar-refractivity contribution in [1.29, 1.82) is 0 Å². The molecule has 2 unspecified atom stereocenters. The Bertz CT molecular complexity index is 307. The molecule has 0 aliphatic heterocycles. The van der Waals surface area contributed by atoms with E-state index in [1.807, 2.05) is 0 Å². The molecule has 0 aromatic heterocycles. The summed E-state index contributed by atoms with van der Waals surface area (Å²) in [6, 6.07) is 0.248. The van der Waals surface area contributed by atoms with Crippen LogP contribution in [0.5, 0.6) is 0 Å². The van der Waals surface area contributed by atoms with Crippen molar-refractivity contribution in [3.8, 4) is 0 Å². The molecule has 3 heteroatoms. The van der Waals surface area contributed by atoms with E-state index in [1.54, 1.807) is 0 Å². The van der Waals surface area contributed by atoms with Crippen LogP contribution in [0.3, 0.4) is 0 Å². The van der Waals surface area contributed by atoms with E-state index < -0.39 is 0 Å². The minimum absolute atomic E-state index is 0.189. The third-order valence-electron chi connectivity index (χ3n) is 5.04. The number of hydrogen-bond acceptors (Lipinski definition) is 2. The Morgan fingerprint density at radius 3 is 2.59 bits per heavy atom. The van der Waals surface area contributed by atoms with Gasteiger partial charge in [0.15, 0.2) is 0 Å². The second kappa shape index (κ2) is 4.27. The highest BCUT2D eigenvalue weighted by molar-refractivity contribution is 5.78. The molecule has 0 saturated heterocycles.